The van der Waals surface area contributed by atoms with Gasteiger partial charge in [0.25, 0.3) is 5.69 Å². The highest BCUT2D eigenvalue weighted by Crippen LogP contribution is 2.19. The predicted molar refractivity (Wildman–Crippen MR) is 52.9 cm³/mol. The molecule has 0 atom stereocenters. The van der Waals surface area contributed by atoms with Crippen LogP contribution in [0.5, 0.6) is 0 Å². The first-order valence-corrected chi connectivity index (χ1v) is 4.04. The van der Waals surface area contributed by atoms with Crippen LogP contribution < -0.4 is 16.6 Å². The van der Waals surface area contributed by atoms with E-state index in [2.05, 4.69) is 15.7 Å². The van der Waals surface area contributed by atoms with Gasteiger partial charge in [-0.1, -0.05) is 0 Å². The van der Waals surface area contributed by atoms with Crippen LogP contribution in [0.1, 0.15) is 6.92 Å². The number of hydrogen-bond acceptors (Lipinski definition) is 6. The fraction of sp³-hybridized carbons (Fsp3) is 0.286. The Morgan fingerprint density at radius 1 is 1.57 bits per heavy atom. The Morgan fingerprint density at radius 2 is 2.21 bits per heavy atom. The van der Waals surface area contributed by atoms with Crippen molar-refractivity contribution in [1.82, 2.24) is 4.98 Å². The van der Waals surface area contributed by atoms with E-state index in [1.165, 1.54) is 12.1 Å². The Labute approximate surface area is 80.4 Å². The quantitative estimate of drug-likeness (QED) is 0.373. The third-order valence-electron chi connectivity index (χ3n) is 1.53. The summed E-state index contributed by atoms with van der Waals surface area (Å²) < 4.78 is 0. The molecule has 4 N–H and O–H groups in total. The molecule has 0 unspecified atom stereocenters. The third kappa shape index (κ3) is 2.30. The molecule has 0 fully saturated rings. The van der Waals surface area contributed by atoms with Crippen LogP contribution in [0.2, 0.25) is 0 Å². The van der Waals surface area contributed by atoms with Gasteiger partial charge in [-0.3, -0.25) is 10.1 Å². The van der Waals surface area contributed by atoms with Crippen molar-refractivity contribution >= 4 is 17.3 Å². The largest absolute Gasteiger partial charge is 0.370 e. The minimum absolute atomic E-state index is 0.0519. The van der Waals surface area contributed by atoms with Gasteiger partial charge >= 0.3 is 0 Å². The van der Waals surface area contributed by atoms with E-state index in [0.717, 1.165) is 0 Å². The van der Waals surface area contributed by atoms with Crippen molar-refractivity contribution in [1.29, 1.82) is 0 Å². The van der Waals surface area contributed by atoms with Gasteiger partial charge in [0, 0.05) is 6.54 Å². The first kappa shape index (κ1) is 10.2. The van der Waals surface area contributed by atoms with Crippen molar-refractivity contribution in [3.05, 3.63) is 22.2 Å². The number of nitrogens with one attached hydrogen (secondary N) is 2. The first-order chi connectivity index (χ1) is 6.67. The zero-order valence-electron chi connectivity index (χ0n) is 7.65. The fourth-order valence-electron chi connectivity index (χ4n) is 0.967. The first-order valence-electron chi connectivity index (χ1n) is 4.04. The number of pyridine rings is 1. The summed E-state index contributed by atoms with van der Waals surface area (Å²) in [5.74, 6) is 5.81. The van der Waals surface area contributed by atoms with Gasteiger partial charge in [-0.2, -0.15) is 0 Å². The van der Waals surface area contributed by atoms with Gasteiger partial charge < -0.3 is 10.7 Å². The molecule has 1 aromatic heterocycles. The number of nitrogens with zero attached hydrogens (tertiary/aromatic N) is 2. The molecule has 0 aliphatic rings. The SMILES string of the molecule is CCNc1cc([N+](=O)[O-])cc(NN)n1. The average Bonchev–Trinajstić information content (AvgIpc) is 2.17. The summed E-state index contributed by atoms with van der Waals surface area (Å²) >= 11 is 0. The molecular formula is C7H11N5O2. The highest BCUT2D eigenvalue weighted by Gasteiger charge is 2.09. The lowest BCUT2D eigenvalue weighted by atomic mass is 10.3. The standard InChI is InChI=1S/C7H11N5O2/c1-2-9-6-3-5(12(13)14)4-7(10-6)11-8/h3-4H,2,8H2,1H3,(H2,9,10,11). The zero-order valence-corrected chi connectivity index (χ0v) is 7.65. The molecule has 7 nitrogen and oxygen atoms in total. The van der Waals surface area contributed by atoms with E-state index in [9.17, 15) is 10.1 Å². The Bertz CT molecular complexity index is 341. The highest BCUT2D eigenvalue weighted by molar-refractivity contribution is 5.54. The Kier molecular flexibility index (Phi) is 3.19. The maximum absolute atomic E-state index is 10.5. The van der Waals surface area contributed by atoms with Crippen LogP contribution in [-0.4, -0.2) is 16.5 Å². The second kappa shape index (κ2) is 4.38. The lowest BCUT2D eigenvalue weighted by Crippen LogP contribution is -2.10. The molecule has 0 radical (unpaired) electrons. The number of rotatable bonds is 4. The molecule has 1 heterocycles. The van der Waals surface area contributed by atoms with Crippen molar-refractivity contribution in [3.8, 4) is 0 Å². The number of hydrazine groups is 1. The summed E-state index contributed by atoms with van der Waals surface area (Å²) in [5.41, 5.74) is 2.21. The van der Waals surface area contributed by atoms with Gasteiger partial charge in [-0.05, 0) is 6.92 Å². The number of nitrogens with two attached hydrogens (primary N) is 1. The fourth-order valence-corrected chi connectivity index (χ4v) is 0.967. The van der Waals surface area contributed by atoms with Crippen molar-refractivity contribution < 1.29 is 4.92 Å². The Balaban J connectivity index is 3.06. The summed E-state index contributed by atoms with van der Waals surface area (Å²) in [6.45, 7) is 2.51. The molecule has 0 aromatic carbocycles. The molecule has 0 aliphatic carbocycles. The molecule has 7 heteroatoms. The van der Waals surface area contributed by atoms with Gasteiger partial charge in [0.1, 0.15) is 11.6 Å². The van der Waals surface area contributed by atoms with E-state index in [0.29, 0.717) is 12.4 Å². The van der Waals surface area contributed by atoms with Crippen LogP contribution in [0.15, 0.2) is 12.1 Å². The minimum atomic E-state index is -0.497. The van der Waals surface area contributed by atoms with E-state index < -0.39 is 4.92 Å². The van der Waals surface area contributed by atoms with E-state index in [1.807, 2.05) is 6.92 Å². The van der Waals surface area contributed by atoms with Crippen molar-refractivity contribution in [2.24, 2.45) is 5.84 Å². The number of anilines is 2. The van der Waals surface area contributed by atoms with Crippen LogP contribution in [0, 0.1) is 10.1 Å². The second-order valence-electron chi connectivity index (χ2n) is 2.53. The molecule has 0 amide bonds. The summed E-state index contributed by atoms with van der Waals surface area (Å²) in [6.07, 6.45) is 0. The van der Waals surface area contributed by atoms with Crippen LogP contribution in [-0.2, 0) is 0 Å². The highest BCUT2D eigenvalue weighted by atomic mass is 16.6. The minimum Gasteiger partial charge on any atom is -0.370 e. The van der Waals surface area contributed by atoms with Crippen molar-refractivity contribution in [2.45, 2.75) is 6.92 Å². The summed E-state index contributed by atoms with van der Waals surface area (Å²) in [7, 11) is 0. The van der Waals surface area contributed by atoms with E-state index in [-0.39, 0.29) is 11.5 Å². The number of hydrogen-bond donors (Lipinski definition) is 3. The van der Waals surface area contributed by atoms with E-state index >= 15 is 0 Å². The lowest BCUT2D eigenvalue weighted by molar-refractivity contribution is -0.384. The van der Waals surface area contributed by atoms with Gasteiger partial charge in [-0.25, -0.2) is 10.8 Å². The molecule has 0 spiro atoms. The zero-order chi connectivity index (χ0) is 10.6. The van der Waals surface area contributed by atoms with Crippen LogP contribution >= 0.6 is 0 Å². The van der Waals surface area contributed by atoms with E-state index in [1.54, 1.807) is 0 Å². The van der Waals surface area contributed by atoms with Crippen LogP contribution in [0.3, 0.4) is 0 Å². The maximum atomic E-state index is 10.5. The topological polar surface area (TPSA) is 106 Å². The Hall–Kier alpha value is -1.89. The summed E-state index contributed by atoms with van der Waals surface area (Å²) in [4.78, 5) is 14.0. The molecule has 0 aliphatic heterocycles. The lowest BCUT2D eigenvalue weighted by Gasteiger charge is -2.04. The maximum Gasteiger partial charge on any atom is 0.276 e. The average molecular weight is 197 g/mol. The molecule has 14 heavy (non-hydrogen) atoms. The number of nitro groups is 1. The molecule has 0 saturated carbocycles. The van der Waals surface area contributed by atoms with Gasteiger partial charge in [0.05, 0.1) is 17.1 Å². The van der Waals surface area contributed by atoms with Gasteiger partial charge in [-0.15, -0.1) is 0 Å². The van der Waals surface area contributed by atoms with E-state index in [4.69, 9.17) is 5.84 Å². The normalized spacial score (nSPS) is 9.57. The second-order valence-corrected chi connectivity index (χ2v) is 2.53. The third-order valence-corrected chi connectivity index (χ3v) is 1.53. The van der Waals surface area contributed by atoms with Gasteiger partial charge in [0.15, 0.2) is 0 Å². The number of nitrogen functional groups attached to an aromatic ring is 1. The molecule has 0 bridgehead atoms. The molecule has 0 saturated heterocycles. The molecular weight excluding hydrogens is 186 g/mol. The summed E-state index contributed by atoms with van der Waals surface area (Å²) in [6, 6.07) is 2.62. The summed E-state index contributed by atoms with van der Waals surface area (Å²) in [5, 5.41) is 13.4. The van der Waals surface area contributed by atoms with Crippen LogP contribution in [0.25, 0.3) is 0 Å². The molecule has 76 valence electrons. The smallest absolute Gasteiger partial charge is 0.276 e. The van der Waals surface area contributed by atoms with Crippen molar-refractivity contribution in [3.63, 3.8) is 0 Å². The van der Waals surface area contributed by atoms with Crippen LogP contribution in [0.4, 0.5) is 17.3 Å². The van der Waals surface area contributed by atoms with Gasteiger partial charge in [0.2, 0.25) is 0 Å². The monoisotopic (exact) mass is 197 g/mol. The Morgan fingerprint density at radius 3 is 2.71 bits per heavy atom. The molecule has 1 aromatic rings. The molecule has 1 rings (SSSR count). The predicted octanol–water partition coefficient (Wildman–Crippen LogP) is 0.707. The van der Waals surface area contributed by atoms with Crippen molar-refractivity contribution in [2.75, 3.05) is 17.3 Å². The number of aromatic nitrogens is 1.